The van der Waals surface area contributed by atoms with Crippen molar-refractivity contribution in [2.45, 2.75) is 40.2 Å². The van der Waals surface area contributed by atoms with Gasteiger partial charge in [0.2, 0.25) is 5.91 Å². The lowest BCUT2D eigenvalue weighted by molar-refractivity contribution is -0.120. The van der Waals surface area contributed by atoms with E-state index in [2.05, 4.69) is 28.7 Å². The third-order valence-corrected chi connectivity index (χ3v) is 2.68. The van der Waals surface area contributed by atoms with Crippen molar-refractivity contribution < 1.29 is 4.79 Å². The molecule has 1 amide bonds. The van der Waals surface area contributed by atoms with Gasteiger partial charge in [-0.25, -0.2) is 0 Å². The van der Waals surface area contributed by atoms with Crippen LogP contribution in [0.4, 0.5) is 0 Å². The number of nitrogens with one attached hydrogen (secondary N) is 2. The molecule has 0 aromatic carbocycles. The number of hydrogen-bond acceptors (Lipinski definition) is 3. The smallest absolute Gasteiger partial charge is 0.233 e. The van der Waals surface area contributed by atoms with Gasteiger partial charge in [-0.05, 0) is 39.3 Å². The highest BCUT2D eigenvalue weighted by Crippen LogP contribution is 2.01. The summed E-state index contributed by atoms with van der Waals surface area (Å²) in [5.41, 5.74) is 2.21. The molecule has 0 unspecified atom stereocenters. The Bertz CT molecular complexity index is 373. The molecule has 0 radical (unpaired) electrons. The molecule has 0 saturated heterocycles. The van der Waals surface area contributed by atoms with Crippen LogP contribution in [0.15, 0.2) is 6.07 Å². The second kappa shape index (κ2) is 7.87. The largest absolute Gasteiger partial charge is 0.355 e. The lowest BCUT2D eigenvalue weighted by Crippen LogP contribution is -2.35. The molecule has 1 heterocycles. The van der Waals surface area contributed by atoms with Gasteiger partial charge in [-0.2, -0.15) is 5.10 Å². The summed E-state index contributed by atoms with van der Waals surface area (Å²) >= 11 is 0. The van der Waals surface area contributed by atoms with Gasteiger partial charge in [-0.3, -0.25) is 9.48 Å². The van der Waals surface area contributed by atoms with Gasteiger partial charge in [0.25, 0.3) is 0 Å². The first kappa shape index (κ1) is 14.7. The van der Waals surface area contributed by atoms with E-state index in [0.29, 0.717) is 13.1 Å². The van der Waals surface area contributed by atoms with Crippen LogP contribution in [0.2, 0.25) is 0 Å². The lowest BCUT2D eigenvalue weighted by atomic mass is 10.3. The highest BCUT2D eigenvalue weighted by atomic mass is 16.1. The molecule has 0 aliphatic heterocycles. The van der Waals surface area contributed by atoms with Crippen LogP contribution in [0.1, 0.15) is 31.2 Å². The molecule has 0 aliphatic rings. The van der Waals surface area contributed by atoms with Crippen LogP contribution in [-0.4, -0.2) is 35.3 Å². The van der Waals surface area contributed by atoms with Crippen molar-refractivity contribution in [1.29, 1.82) is 0 Å². The summed E-state index contributed by atoms with van der Waals surface area (Å²) < 4.78 is 1.98. The summed E-state index contributed by atoms with van der Waals surface area (Å²) in [5, 5.41) is 10.4. The van der Waals surface area contributed by atoms with Crippen LogP contribution in [-0.2, 0) is 11.3 Å². The predicted molar refractivity (Wildman–Crippen MR) is 72.5 cm³/mol. The average molecular weight is 252 g/mol. The molecule has 1 aromatic rings. The molecular formula is C13H24N4O. The SMILES string of the molecule is CCCNCC(=O)NCCCn1nc(C)cc1C. The van der Waals surface area contributed by atoms with Gasteiger partial charge < -0.3 is 10.6 Å². The topological polar surface area (TPSA) is 59.0 Å². The molecule has 0 spiro atoms. The first-order chi connectivity index (χ1) is 8.63. The number of aryl methyl sites for hydroxylation is 3. The Morgan fingerprint density at radius 2 is 2.17 bits per heavy atom. The van der Waals surface area contributed by atoms with Crippen molar-refractivity contribution in [3.05, 3.63) is 17.5 Å². The predicted octanol–water partition coefficient (Wildman–Crippen LogP) is 1.01. The maximum absolute atomic E-state index is 11.4. The fraction of sp³-hybridized carbons (Fsp3) is 0.692. The highest BCUT2D eigenvalue weighted by molar-refractivity contribution is 5.77. The third kappa shape index (κ3) is 5.31. The summed E-state index contributed by atoms with van der Waals surface area (Å²) in [6, 6.07) is 2.06. The van der Waals surface area contributed by atoms with Crippen LogP contribution in [0.5, 0.6) is 0 Å². The second-order valence-corrected chi connectivity index (χ2v) is 4.53. The Labute approximate surface area is 109 Å². The van der Waals surface area contributed by atoms with Gasteiger partial charge in [0, 0.05) is 18.8 Å². The van der Waals surface area contributed by atoms with Crippen molar-refractivity contribution in [2.24, 2.45) is 0 Å². The van der Waals surface area contributed by atoms with E-state index in [1.807, 2.05) is 18.5 Å². The van der Waals surface area contributed by atoms with Gasteiger partial charge in [0.05, 0.1) is 12.2 Å². The van der Waals surface area contributed by atoms with Crippen LogP contribution in [0.3, 0.4) is 0 Å². The zero-order valence-electron chi connectivity index (χ0n) is 11.6. The average Bonchev–Trinajstić information content (AvgIpc) is 2.64. The van der Waals surface area contributed by atoms with E-state index in [0.717, 1.165) is 31.6 Å². The molecule has 18 heavy (non-hydrogen) atoms. The standard InChI is InChI=1S/C13H24N4O/c1-4-6-14-10-13(18)15-7-5-8-17-12(3)9-11(2)16-17/h9,14H,4-8,10H2,1-3H3,(H,15,18). The summed E-state index contributed by atoms with van der Waals surface area (Å²) in [5.74, 6) is 0.0665. The van der Waals surface area contributed by atoms with E-state index < -0.39 is 0 Å². The zero-order valence-corrected chi connectivity index (χ0v) is 11.6. The van der Waals surface area contributed by atoms with Crippen molar-refractivity contribution in [3.63, 3.8) is 0 Å². The van der Waals surface area contributed by atoms with Gasteiger partial charge in [-0.1, -0.05) is 6.92 Å². The van der Waals surface area contributed by atoms with Crippen LogP contribution in [0.25, 0.3) is 0 Å². The molecular weight excluding hydrogens is 228 g/mol. The van der Waals surface area contributed by atoms with Crippen LogP contribution < -0.4 is 10.6 Å². The first-order valence-corrected chi connectivity index (χ1v) is 6.62. The third-order valence-electron chi connectivity index (χ3n) is 2.68. The molecule has 0 saturated carbocycles. The van der Waals surface area contributed by atoms with E-state index in [1.54, 1.807) is 0 Å². The maximum atomic E-state index is 11.4. The minimum Gasteiger partial charge on any atom is -0.355 e. The molecule has 1 aromatic heterocycles. The number of carbonyl (C=O) groups excluding carboxylic acids is 1. The Kier molecular flexibility index (Phi) is 6.43. The molecule has 5 nitrogen and oxygen atoms in total. The monoisotopic (exact) mass is 252 g/mol. The number of aromatic nitrogens is 2. The van der Waals surface area contributed by atoms with Crippen molar-refractivity contribution in [3.8, 4) is 0 Å². The maximum Gasteiger partial charge on any atom is 0.233 e. The highest BCUT2D eigenvalue weighted by Gasteiger charge is 2.02. The van der Waals surface area contributed by atoms with E-state index in [1.165, 1.54) is 5.69 Å². The van der Waals surface area contributed by atoms with Gasteiger partial charge >= 0.3 is 0 Å². The number of carbonyl (C=O) groups is 1. The van der Waals surface area contributed by atoms with E-state index in [4.69, 9.17) is 0 Å². The van der Waals surface area contributed by atoms with Gasteiger partial charge in [0.15, 0.2) is 0 Å². The molecule has 2 N–H and O–H groups in total. The Morgan fingerprint density at radius 1 is 1.39 bits per heavy atom. The zero-order chi connectivity index (χ0) is 13.4. The lowest BCUT2D eigenvalue weighted by Gasteiger charge is -2.07. The normalized spacial score (nSPS) is 10.6. The first-order valence-electron chi connectivity index (χ1n) is 6.62. The van der Waals surface area contributed by atoms with Crippen LogP contribution >= 0.6 is 0 Å². The second-order valence-electron chi connectivity index (χ2n) is 4.53. The number of nitrogens with zero attached hydrogens (tertiary/aromatic N) is 2. The molecule has 5 heteroatoms. The molecule has 0 aliphatic carbocycles. The summed E-state index contributed by atoms with van der Waals surface area (Å²) in [4.78, 5) is 11.4. The summed E-state index contributed by atoms with van der Waals surface area (Å²) in [6.45, 7) is 8.97. The van der Waals surface area contributed by atoms with Crippen molar-refractivity contribution in [2.75, 3.05) is 19.6 Å². The Hall–Kier alpha value is -1.36. The van der Waals surface area contributed by atoms with E-state index in [9.17, 15) is 4.79 Å². The molecule has 0 atom stereocenters. The fourth-order valence-corrected chi connectivity index (χ4v) is 1.80. The van der Waals surface area contributed by atoms with Gasteiger partial charge in [-0.15, -0.1) is 0 Å². The van der Waals surface area contributed by atoms with Gasteiger partial charge in [0.1, 0.15) is 0 Å². The van der Waals surface area contributed by atoms with Crippen molar-refractivity contribution in [1.82, 2.24) is 20.4 Å². The van der Waals surface area contributed by atoms with Crippen LogP contribution in [0, 0.1) is 13.8 Å². The molecule has 1 rings (SSSR count). The Balaban J connectivity index is 2.11. The quantitative estimate of drug-likeness (QED) is 0.679. The number of amides is 1. The number of hydrogen-bond donors (Lipinski definition) is 2. The molecule has 102 valence electrons. The number of rotatable bonds is 8. The minimum absolute atomic E-state index is 0.0665. The molecule has 0 bridgehead atoms. The Morgan fingerprint density at radius 3 is 2.78 bits per heavy atom. The van der Waals surface area contributed by atoms with E-state index >= 15 is 0 Å². The molecule has 0 fully saturated rings. The summed E-state index contributed by atoms with van der Waals surface area (Å²) in [6.07, 6.45) is 1.95. The minimum atomic E-state index is 0.0665. The fourth-order valence-electron chi connectivity index (χ4n) is 1.80. The van der Waals surface area contributed by atoms with Crippen molar-refractivity contribution >= 4 is 5.91 Å². The summed E-state index contributed by atoms with van der Waals surface area (Å²) in [7, 11) is 0. The van der Waals surface area contributed by atoms with E-state index in [-0.39, 0.29) is 5.91 Å².